The van der Waals surface area contributed by atoms with Crippen LogP contribution in [-0.2, 0) is 6.42 Å². The van der Waals surface area contributed by atoms with Gasteiger partial charge in [0.1, 0.15) is 16.9 Å². The summed E-state index contributed by atoms with van der Waals surface area (Å²) in [6.45, 7) is 2.70. The number of nitrogens with one attached hydrogen (secondary N) is 1. The van der Waals surface area contributed by atoms with E-state index in [9.17, 15) is 0 Å². The highest BCUT2D eigenvalue weighted by Crippen LogP contribution is 2.30. The quantitative estimate of drug-likeness (QED) is 0.609. The Kier molecular flexibility index (Phi) is 3.42. The molecule has 114 valence electrons. The molecule has 0 saturated heterocycles. The molecule has 0 aliphatic heterocycles. The molecule has 0 atom stereocenters. The smallest absolute Gasteiger partial charge is 0.196 e. The summed E-state index contributed by atoms with van der Waals surface area (Å²) in [6.07, 6.45) is 0.936. The second kappa shape index (κ2) is 5.72. The molecule has 0 bridgehead atoms. The summed E-state index contributed by atoms with van der Waals surface area (Å²) in [6, 6.07) is 18.4. The SMILES string of the molecule is Cc1nc(NCCc2ccccc2)c2oc3ccccc3c2n1. The van der Waals surface area contributed by atoms with Gasteiger partial charge in [0.15, 0.2) is 11.4 Å². The summed E-state index contributed by atoms with van der Waals surface area (Å²) in [5.41, 5.74) is 3.74. The molecule has 4 nitrogen and oxygen atoms in total. The summed E-state index contributed by atoms with van der Waals surface area (Å²) in [5.74, 6) is 1.51. The van der Waals surface area contributed by atoms with E-state index in [-0.39, 0.29) is 0 Å². The van der Waals surface area contributed by atoms with Gasteiger partial charge in [0.2, 0.25) is 0 Å². The Morgan fingerprint density at radius 3 is 2.61 bits per heavy atom. The Bertz CT molecular complexity index is 960. The van der Waals surface area contributed by atoms with Crippen molar-refractivity contribution in [2.24, 2.45) is 0 Å². The van der Waals surface area contributed by atoms with E-state index in [2.05, 4.69) is 39.6 Å². The minimum atomic E-state index is 0.727. The second-order valence-corrected chi connectivity index (χ2v) is 5.56. The van der Waals surface area contributed by atoms with E-state index >= 15 is 0 Å². The molecule has 2 heterocycles. The van der Waals surface area contributed by atoms with Crippen molar-refractivity contribution in [3.8, 4) is 0 Å². The maximum Gasteiger partial charge on any atom is 0.196 e. The highest BCUT2D eigenvalue weighted by atomic mass is 16.3. The van der Waals surface area contributed by atoms with E-state index < -0.39 is 0 Å². The van der Waals surface area contributed by atoms with Crippen LogP contribution in [0.25, 0.3) is 22.1 Å². The summed E-state index contributed by atoms with van der Waals surface area (Å²) in [4.78, 5) is 9.06. The maximum absolute atomic E-state index is 5.95. The molecule has 4 aromatic rings. The van der Waals surface area contributed by atoms with Crippen LogP contribution in [0.15, 0.2) is 59.0 Å². The van der Waals surface area contributed by atoms with E-state index in [0.717, 1.165) is 46.7 Å². The van der Waals surface area contributed by atoms with Crippen LogP contribution in [0.1, 0.15) is 11.4 Å². The van der Waals surface area contributed by atoms with Gasteiger partial charge in [0, 0.05) is 11.9 Å². The van der Waals surface area contributed by atoms with Crippen molar-refractivity contribution in [1.82, 2.24) is 9.97 Å². The fourth-order valence-electron chi connectivity index (χ4n) is 2.79. The molecule has 0 fully saturated rings. The number of aryl methyl sites for hydroxylation is 1. The van der Waals surface area contributed by atoms with Gasteiger partial charge in [-0.25, -0.2) is 9.97 Å². The van der Waals surface area contributed by atoms with Crippen LogP contribution in [-0.4, -0.2) is 16.5 Å². The van der Waals surface area contributed by atoms with Crippen molar-refractivity contribution in [1.29, 1.82) is 0 Å². The molecule has 23 heavy (non-hydrogen) atoms. The third kappa shape index (κ3) is 2.63. The van der Waals surface area contributed by atoms with E-state index in [0.29, 0.717) is 0 Å². The van der Waals surface area contributed by atoms with Crippen molar-refractivity contribution in [2.45, 2.75) is 13.3 Å². The molecule has 0 aliphatic rings. The Morgan fingerprint density at radius 1 is 0.957 bits per heavy atom. The van der Waals surface area contributed by atoms with Gasteiger partial charge in [0.25, 0.3) is 0 Å². The number of benzene rings is 2. The molecular formula is C19H17N3O. The molecule has 0 radical (unpaired) electrons. The van der Waals surface area contributed by atoms with Crippen molar-refractivity contribution in [2.75, 3.05) is 11.9 Å². The topological polar surface area (TPSA) is 51.0 Å². The van der Waals surface area contributed by atoms with E-state index in [1.165, 1.54) is 5.56 Å². The van der Waals surface area contributed by atoms with Gasteiger partial charge in [-0.1, -0.05) is 42.5 Å². The standard InChI is InChI=1S/C19H17N3O/c1-13-21-17-15-9-5-6-10-16(15)23-18(17)19(22-13)20-12-11-14-7-3-2-4-8-14/h2-10H,11-12H2,1H3,(H,20,21,22). The highest BCUT2D eigenvalue weighted by Gasteiger charge is 2.13. The maximum atomic E-state index is 5.95. The van der Waals surface area contributed by atoms with Crippen molar-refractivity contribution < 1.29 is 4.42 Å². The molecular weight excluding hydrogens is 286 g/mol. The first-order chi connectivity index (χ1) is 11.3. The average Bonchev–Trinajstić information content (AvgIpc) is 2.95. The molecule has 0 spiro atoms. The minimum Gasteiger partial charge on any atom is -0.450 e. The van der Waals surface area contributed by atoms with Crippen LogP contribution in [0.5, 0.6) is 0 Å². The van der Waals surface area contributed by atoms with E-state index in [1.807, 2.05) is 37.3 Å². The Labute approximate surface area is 134 Å². The van der Waals surface area contributed by atoms with Crippen LogP contribution in [0.4, 0.5) is 5.82 Å². The lowest BCUT2D eigenvalue weighted by Crippen LogP contribution is -2.07. The van der Waals surface area contributed by atoms with Crippen molar-refractivity contribution >= 4 is 27.9 Å². The van der Waals surface area contributed by atoms with E-state index in [4.69, 9.17) is 4.42 Å². The molecule has 2 aromatic heterocycles. The van der Waals surface area contributed by atoms with Gasteiger partial charge < -0.3 is 9.73 Å². The lowest BCUT2D eigenvalue weighted by molar-refractivity contribution is 0.666. The molecule has 2 aromatic carbocycles. The third-order valence-electron chi connectivity index (χ3n) is 3.88. The number of hydrogen-bond donors (Lipinski definition) is 1. The third-order valence-corrected chi connectivity index (χ3v) is 3.88. The fraction of sp³-hybridized carbons (Fsp3) is 0.158. The molecule has 0 amide bonds. The Hall–Kier alpha value is -2.88. The molecule has 1 N–H and O–H groups in total. The van der Waals surface area contributed by atoms with Crippen molar-refractivity contribution in [3.05, 3.63) is 66.0 Å². The van der Waals surface area contributed by atoms with Crippen LogP contribution in [0.2, 0.25) is 0 Å². The normalized spacial score (nSPS) is 11.2. The summed E-state index contributed by atoms with van der Waals surface area (Å²) in [7, 11) is 0. The monoisotopic (exact) mass is 303 g/mol. The van der Waals surface area contributed by atoms with Gasteiger partial charge in [-0.05, 0) is 31.0 Å². The fourth-order valence-corrected chi connectivity index (χ4v) is 2.79. The zero-order valence-corrected chi connectivity index (χ0v) is 12.9. The number of anilines is 1. The first-order valence-corrected chi connectivity index (χ1v) is 7.75. The lowest BCUT2D eigenvalue weighted by Gasteiger charge is -2.06. The zero-order valence-electron chi connectivity index (χ0n) is 12.9. The number of para-hydroxylation sites is 1. The Balaban J connectivity index is 1.66. The first-order valence-electron chi connectivity index (χ1n) is 7.75. The second-order valence-electron chi connectivity index (χ2n) is 5.56. The van der Waals surface area contributed by atoms with Crippen LogP contribution in [0.3, 0.4) is 0 Å². The number of hydrogen-bond acceptors (Lipinski definition) is 4. The van der Waals surface area contributed by atoms with Gasteiger partial charge in [-0.15, -0.1) is 0 Å². The summed E-state index contributed by atoms with van der Waals surface area (Å²) < 4.78 is 5.95. The summed E-state index contributed by atoms with van der Waals surface area (Å²) >= 11 is 0. The van der Waals surface area contributed by atoms with Crippen LogP contribution >= 0.6 is 0 Å². The molecule has 4 heteroatoms. The molecule has 0 saturated carbocycles. The van der Waals surface area contributed by atoms with Crippen molar-refractivity contribution in [3.63, 3.8) is 0 Å². The van der Waals surface area contributed by atoms with Gasteiger partial charge in [-0.3, -0.25) is 0 Å². The lowest BCUT2D eigenvalue weighted by atomic mass is 10.1. The zero-order chi connectivity index (χ0) is 15.6. The average molecular weight is 303 g/mol. The first kappa shape index (κ1) is 13.8. The predicted molar refractivity (Wildman–Crippen MR) is 92.7 cm³/mol. The van der Waals surface area contributed by atoms with Gasteiger partial charge >= 0.3 is 0 Å². The minimum absolute atomic E-state index is 0.727. The number of furan rings is 1. The number of aromatic nitrogens is 2. The van der Waals surface area contributed by atoms with E-state index in [1.54, 1.807) is 0 Å². The Morgan fingerprint density at radius 2 is 1.74 bits per heavy atom. The largest absolute Gasteiger partial charge is 0.450 e. The predicted octanol–water partition coefficient (Wildman–Crippen LogP) is 4.34. The number of nitrogens with zero attached hydrogens (tertiary/aromatic N) is 2. The van der Waals surface area contributed by atoms with Crippen LogP contribution in [0, 0.1) is 6.92 Å². The summed E-state index contributed by atoms with van der Waals surface area (Å²) in [5, 5.41) is 4.42. The van der Waals surface area contributed by atoms with Crippen LogP contribution < -0.4 is 5.32 Å². The number of fused-ring (bicyclic) bond motifs is 3. The van der Waals surface area contributed by atoms with Gasteiger partial charge in [-0.2, -0.15) is 0 Å². The highest BCUT2D eigenvalue weighted by molar-refractivity contribution is 6.05. The number of rotatable bonds is 4. The molecule has 0 aliphatic carbocycles. The van der Waals surface area contributed by atoms with Gasteiger partial charge in [0.05, 0.1) is 0 Å². The molecule has 4 rings (SSSR count). The molecule has 0 unspecified atom stereocenters.